The van der Waals surface area contributed by atoms with Crippen LogP contribution in [0, 0.1) is 0 Å². The standard InChI is InChI=1S/C21H39N5O7S/c22-26-19(28)5-7-30-9-11-32-13-14-33-12-10-31-8-6-23-18(27)4-2-1-3-17-20-16(15-34-17)24-21(29)25-20/h16-17,20H,1-15,22H2,(H,23,27)(H,26,28)(H2,24,25,29)/t16-,17-,20+/m0/s1. The van der Waals surface area contributed by atoms with Gasteiger partial charge in [-0.15, -0.1) is 0 Å². The molecule has 196 valence electrons. The highest BCUT2D eigenvalue weighted by molar-refractivity contribution is 8.00. The van der Waals surface area contributed by atoms with E-state index < -0.39 is 0 Å². The van der Waals surface area contributed by atoms with Gasteiger partial charge in [-0.2, -0.15) is 11.8 Å². The van der Waals surface area contributed by atoms with E-state index in [2.05, 4.69) is 16.0 Å². The minimum Gasteiger partial charge on any atom is -0.379 e. The fourth-order valence-corrected chi connectivity index (χ4v) is 5.17. The van der Waals surface area contributed by atoms with E-state index in [0.717, 1.165) is 25.0 Å². The number of carbonyl (C=O) groups is 3. The lowest BCUT2D eigenvalue weighted by molar-refractivity contribution is -0.122. The number of ether oxygens (including phenoxy) is 4. The second kappa shape index (κ2) is 17.7. The van der Waals surface area contributed by atoms with Gasteiger partial charge in [0.2, 0.25) is 11.8 Å². The maximum Gasteiger partial charge on any atom is 0.315 e. The van der Waals surface area contributed by atoms with Crippen molar-refractivity contribution in [2.75, 3.05) is 65.2 Å². The molecule has 6 N–H and O–H groups in total. The van der Waals surface area contributed by atoms with Crippen molar-refractivity contribution in [3.8, 4) is 0 Å². The van der Waals surface area contributed by atoms with Gasteiger partial charge in [0.05, 0.1) is 71.4 Å². The maximum atomic E-state index is 11.9. The maximum absolute atomic E-state index is 11.9. The van der Waals surface area contributed by atoms with E-state index in [1.54, 1.807) is 0 Å². The first-order chi connectivity index (χ1) is 16.6. The highest BCUT2D eigenvalue weighted by atomic mass is 32.2. The van der Waals surface area contributed by atoms with E-state index >= 15 is 0 Å². The minimum atomic E-state index is -0.262. The lowest BCUT2D eigenvalue weighted by Gasteiger charge is -2.16. The number of unbranched alkanes of at least 4 members (excludes halogenated alkanes) is 1. The molecule has 0 aliphatic carbocycles. The van der Waals surface area contributed by atoms with Crippen LogP contribution in [-0.2, 0) is 28.5 Å². The van der Waals surface area contributed by atoms with Gasteiger partial charge in [0, 0.05) is 24.0 Å². The molecule has 0 bridgehead atoms. The van der Waals surface area contributed by atoms with Crippen LogP contribution in [0.4, 0.5) is 4.79 Å². The van der Waals surface area contributed by atoms with Crippen LogP contribution in [0.2, 0.25) is 0 Å². The largest absolute Gasteiger partial charge is 0.379 e. The molecular weight excluding hydrogens is 466 g/mol. The molecule has 2 aliphatic rings. The van der Waals surface area contributed by atoms with Crippen LogP contribution in [-0.4, -0.2) is 100 Å². The number of hydrogen-bond acceptors (Lipinski definition) is 9. The molecule has 12 nitrogen and oxygen atoms in total. The third-order valence-corrected chi connectivity index (χ3v) is 6.91. The number of hydrazine groups is 1. The number of rotatable bonds is 20. The molecule has 2 rings (SSSR count). The smallest absolute Gasteiger partial charge is 0.315 e. The lowest BCUT2D eigenvalue weighted by atomic mass is 10.0. The Morgan fingerprint density at radius 1 is 0.882 bits per heavy atom. The number of amides is 4. The molecule has 0 aromatic carbocycles. The van der Waals surface area contributed by atoms with Crippen molar-refractivity contribution < 1.29 is 33.3 Å². The molecule has 13 heteroatoms. The van der Waals surface area contributed by atoms with Gasteiger partial charge in [-0.3, -0.25) is 15.0 Å². The number of urea groups is 1. The minimum absolute atomic E-state index is 0.0383. The fourth-order valence-electron chi connectivity index (χ4n) is 3.62. The van der Waals surface area contributed by atoms with Gasteiger partial charge in [-0.1, -0.05) is 6.42 Å². The lowest BCUT2D eigenvalue weighted by Crippen LogP contribution is -2.36. The van der Waals surface area contributed by atoms with Crippen LogP contribution in [0.25, 0.3) is 0 Å². The molecule has 4 amide bonds. The van der Waals surface area contributed by atoms with Gasteiger partial charge in [-0.05, 0) is 12.8 Å². The average Bonchev–Trinajstić information content (AvgIpc) is 3.38. The summed E-state index contributed by atoms with van der Waals surface area (Å²) in [6.07, 6.45) is 3.56. The molecule has 0 aromatic heterocycles. The van der Waals surface area contributed by atoms with Crippen LogP contribution in [0.15, 0.2) is 0 Å². The molecule has 2 aliphatic heterocycles. The molecule has 2 fully saturated rings. The van der Waals surface area contributed by atoms with E-state index in [0.29, 0.717) is 71.1 Å². The summed E-state index contributed by atoms with van der Waals surface area (Å²) in [5.41, 5.74) is 2.03. The highest BCUT2D eigenvalue weighted by Gasteiger charge is 2.42. The third kappa shape index (κ3) is 12.2. The molecule has 0 unspecified atom stereocenters. The molecule has 0 aromatic rings. The zero-order valence-corrected chi connectivity index (χ0v) is 20.5. The van der Waals surface area contributed by atoms with Gasteiger partial charge in [0.15, 0.2) is 0 Å². The Morgan fingerprint density at radius 3 is 2.21 bits per heavy atom. The topological polar surface area (TPSA) is 162 Å². The Balaban J connectivity index is 1.27. The fraction of sp³-hybridized carbons (Fsp3) is 0.857. The number of hydrogen-bond donors (Lipinski definition) is 5. The number of nitrogens with one attached hydrogen (secondary N) is 4. The highest BCUT2D eigenvalue weighted by Crippen LogP contribution is 2.33. The average molecular weight is 506 g/mol. The Morgan fingerprint density at radius 2 is 1.53 bits per heavy atom. The van der Waals surface area contributed by atoms with Crippen LogP contribution in [0.1, 0.15) is 32.1 Å². The van der Waals surface area contributed by atoms with Gasteiger partial charge < -0.3 is 34.9 Å². The second-order valence-corrected chi connectivity index (χ2v) is 9.26. The van der Waals surface area contributed by atoms with E-state index in [9.17, 15) is 14.4 Å². The molecule has 0 spiro atoms. The van der Waals surface area contributed by atoms with Crippen LogP contribution in [0.3, 0.4) is 0 Å². The molecule has 2 saturated heterocycles. The monoisotopic (exact) mass is 505 g/mol. The van der Waals surface area contributed by atoms with Crippen molar-refractivity contribution in [3.05, 3.63) is 0 Å². The Bertz CT molecular complexity index is 616. The van der Waals surface area contributed by atoms with Crippen LogP contribution < -0.4 is 27.2 Å². The van der Waals surface area contributed by atoms with Gasteiger partial charge in [0.1, 0.15) is 0 Å². The summed E-state index contributed by atoms with van der Waals surface area (Å²) < 4.78 is 21.4. The first-order valence-corrected chi connectivity index (χ1v) is 12.9. The summed E-state index contributed by atoms with van der Waals surface area (Å²) in [6, 6.07) is 0.413. The van der Waals surface area contributed by atoms with Crippen molar-refractivity contribution in [1.82, 2.24) is 21.4 Å². The summed E-state index contributed by atoms with van der Waals surface area (Å²) in [7, 11) is 0. The van der Waals surface area contributed by atoms with E-state index in [4.69, 9.17) is 24.8 Å². The van der Waals surface area contributed by atoms with Gasteiger partial charge in [-0.25, -0.2) is 10.6 Å². The number of thioether (sulfide) groups is 1. The zero-order valence-electron chi connectivity index (χ0n) is 19.7. The molecule has 0 saturated carbocycles. The predicted molar refractivity (Wildman–Crippen MR) is 127 cm³/mol. The van der Waals surface area contributed by atoms with Crippen molar-refractivity contribution in [2.24, 2.45) is 5.84 Å². The molecule has 34 heavy (non-hydrogen) atoms. The molecule has 3 atom stereocenters. The predicted octanol–water partition coefficient (Wildman–Crippen LogP) is -0.725. The van der Waals surface area contributed by atoms with Crippen molar-refractivity contribution in [2.45, 2.75) is 49.4 Å². The van der Waals surface area contributed by atoms with E-state index in [1.165, 1.54) is 0 Å². The van der Waals surface area contributed by atoms with Gasteiger partial charge >= 0.3 is 6.03 Å². The number of carbonyl (C=O) groups excluding carboxylic acids is 3. The molecule has 0 radical (unpaired) electrons. The van der Waals surface area contributed by atoms with Crippen molar-refractivity contribution >= 4 is 29.6 Å². The first kappa shape index (κ1) is 28.6. The van der Waals surface area contributed by atoms with Crippen LogP contribution in [0.5, 0.6) is 0 Å². The summed E-state index contributed by atoms with van der Waals surface area (Å²) in [6.45, 7) is 3.89. The quantitative estimate of drug-likeness (QED) is 0.0472. The van der Waals surface area contributed by atoms with E-state index in [-0.39, 0.29) is 36.3 Å². The van der Waals surface area contributed by atoms with Crippen molar-refractivity contribution in [1.29, 1.82) is 0 Å². The second-order valence-electron chi connectivity index (χ2n) is 7.98. The van der Waals surface area contributed by atoms with Crippen molar-refractivity contribution in [3.63, 3.8) is 0 Å². The summed E-state index contributed by atoms with van der Waals surface area (Å²) in [5, 5.41) is 9.24. The SMILES string of the molecule is NNC(=O)CCOCCOCCOCCOCCNC(=O)CCCC[C@@H]1SC[C@@H]2NC(=O)N[C@H]21. The first-order valence-electron chi connectivity index (χ1n) is 11.9. The summed E-state index contributed by atoms with van der Waals surface area (Å²) in [5.74, 6) is 5.70. The molecular formula is C21H39N5O7S. The number of fused-ring (bicyclic) bond motifs is 1. The van der Waals surface area contributed by atoms with Crippen LogP contribution >= 0.6 is 11.8 Å². The summed E-state index contributed by atoms with van der Waals surface area (Å²) >= 11 is 1.90. The van der Waals surface area contributed by atoms with E-state index in [1.807, 2.05) is 17.2 Å². The van der Waals surface area contributed by atoms with Gasteiger partial charge in [0.25, 0.3) is 0 Å². The Hall–Kier alpha value is -1.64. The number of nitrogens with two attached hydrogens (primary N) is 1. The third-order valence-electron chi connectivity index (χ3n) is 5.40. The zero-order chi connectivity index (χ0) is 24.4. The molecule has 2 heterocycles. The Labute approximate surface area is 205 Å². The Kier molecular flexibility index (Phi) is 14.9. The normalized spacial score (nSPS) is 21.1. The summed E-state index contributed by atoms with van der Waals surface area (Å²) in [4.78, 5) is 34.2.